The molecule has 0 aromatic carbocycles. The van der Waals surface area contributed by atoms with E-state index in [0.717, 1.165) is 4.90 Å². The third-order valence-electron chi connectivity index (χ3n) is 2.09. The predicted octanol–water partition coefficient (Wildman–Crippen LogP) is 3.42. The lowest BCUT2D eigenvalue weighted by molar-refractivity contribution is 0.620. The zero-order valence-electron chi connectivity index (χ0n) is 6.89. The van der Waals surface area contributed by atoms with Gasteiger partial charge in [-0.05, 0) is 31.9 Å². The number of hydrogen-bond acceptors (Lipinski definition) is 2. The first kappa shape index (κ1) is 6.92. The van der Waals surface area contributed by atoms with Crippen molar-refractivity contribution in [3.05, 3.63) is 22.3 Å². The summed E-state index contributed by atoms with van der Waals surface area (Å²) in [5.41, 5.74) is 2.62. The smallest absolute Gasteiger partial charge is 0.188 e. The highest BCUT2D eigenvalue weighted by Crippen LogP contribution is 2.33. The van der Waals surface area contributed by atoms with Crippen LogP contribution in [-0.4, -0.2) is 0 Å². The summed E-state index contributed by atoms with van der Waals surface area (Å²) in [5.74, 6) is 0. The van der Waals surface area contributed by atoms with Crippen LogP contribution in [0.1, 0.15) is 16.0 Å². The Morgan fingerprint density at radius 2 is 2.00 bits per heavy atom. The minimum Gasteiger partial charge on any atom is -0.453 e. The van der Waals surface area contributed by atoms with Crippen molar-refractivity contribution in [2.24, 2.45) is 0 Å². The molecule has 0 radical (unpaired) electrons. The molecular formula is C9H10OS. The van der Waals surface area contributed by atoms with E-state index < -0.39 is 0 Å². The summed E-state index contributed by atoms with van der Waals surface area (Å²) in [7, 11) is 0. The Hall–Kier alpha value is -0.760. The normalized spacial score (nSPS) is 11.2. The van der Waals surface area contributed by atoms with E-state index in [1.807, 2.05) is 6.26 Å². The molecule has 0 saturated carbocycles. The average Bonchev–Trinajstić information content (AvgIpc) is 2.41. The summed E-state index contributed by atoms with van der Waals surface area (Å²) < 4.78 is 5.37. The van der Waals surface area contributed by atoms with Gasteiger partial charge in [0.05, 0.1) is 6.26 Å². The van der Waals surface area contributed by atoms with Crippen molar-refractivity contribution in [3.63, 3.8) is 0 Å². The quantitative estimate of drug-likeness (QED) is 0.584. The summed E-state index contributed by atoms with van der Waals surface area (Å²) in [4.78, 5) is 2.43. The zero-order valence-corrected chi connectivity index (χ0v) is 7.71. The van der Waals surface area contributed by atoms with Gasteiger partial charge in [0.15, 0.2) is 4.90 Å². The molecule has 58 valence electrons. The molecule has 0 bridgehead atoms. The molecule has 0 spiro atoms. The van der Waals surface area contributed by atoms with E-state index in [9.17, 15) is 0 Å². The van der Waals surface area contributed by atoms with E-state index in [1.54, 1.807) is 11.3 Å². The summed E-state index contributed by atoms with van der Waals surface area (Å²) in [5, 5.41) is 1.31. The second-order valence-corrected chi connectivity index (χ2v) is 4.05. The topological polar surface area (TPSA) is 13.1 Å². The van der Waals surface area contributed by atoms with E-state index in [4.69, 9.17) is 4.42 Å². The summed E-state index contributed by atoms with van der Waals surface area (Å²) in [6.07, 6.45) is 1.83. The van der Waals surface area contributed by atoms with E-state index in [0.29, 0.717) is 0 Å². The Labute approximate surface area is 69.6 Å². The van der Waals surface area contributed by atoms with Gasteiger partial charge in [-0.3, -0.25) is 0 Å². The highest BCUT2D eigenvalue weighted by atomic mass is 32.1. The van der Waals surface area contributed by atoms with Gasteiger partial charge in [-0.2, -0.15) is 0 Å². The Morgan fingerprint density at radius 3 is 2.64 bits per heavy atom. The first-order valence-electron chi connectivity index (χ1n) is 3.64. The van der Waals surface area contributed by atoms with E-state index >= 15 is 0 Å². The van der Waals surface area contributed by atoms with E-state index in [2.05, 4.69) is 20.8 Å². The van der Waals surface area contributed by atoms with Crippen LogP contribution in [0.15, 0.2) is 10.7 Å². The van der Waals surface area contributed by atoms with Gasteiger partial charge in [0.1, 0.15) is 0 Å². The SMILES string of the molecule is Cc1sc2occ(C)c2c1C. The van der Waals surface area contributed by atoms with Crippen molar-refractivity contribution in [1.82, 2.24) is 0 Å². The lowest BCUT2D eigenvalue weighted by Gasteiger charge is -1.87. The van der Waals surface area contributed by atoms with Crippen molar-refractivity contribution < 1.29 is 4.42 Å². The summed E-state index contributed by atoms with van der Waals surface area (Å²) >= 11 is 1.73. The number of rotatable bonds is 0. The number of aryl methyl sites for hydroxylation is 3. The highest BCUT2D eigenvalue weighted by Gasteiger charge is 2.09. The van der Waals surface area contributed by atoms with Gasteiger partial charge in [0.25, 0.3) is 0 Å². The Morgan fingerprint density at radius 1 is 1.27 bits per heavy atom. The number of furan rings is 1. The fraction of sp³-hybridized carbons (Fsp3) is 0.333. The molecule has 0 aliphatic rings. The lowest BCUT2D eigenvalue weighted by Crippen LogP contribution is -1.70. The largest absolute Gasteiger partial charge is 0.453 e. The Bertz CT molecular complexity index is 395. The third kappa shape index (κ3) is 0.824. The van der Waals surface area contributed by atoms with Crippen molar-refractivity contribution in [1.29, 1.82) is 0 Å². The maximum atomic E-state index is 5.37. The first-order valence-corrected chi connectivity index (χ1v) is 4.45. The van der Waals surface area contributed by atoms with Gasteiger partial charge < -0.3 is 4.42 Å². The standard InChI is InChI=1S/C9H10OS/c1-5-4-10-9-8(5)6(2)7(3)11-9/h4H,1-3H3. The molecule has 0 atom stereocenters. The monoisotopic (exact) mass is 166 g/mol. The van der Waals surface area contributed by atoms with Crippen LogP contribution in [0.2, 0.25) is 0 Å². The van der Waals surface area contributed by atoms with Crippen molar-refractivity contribution in [2.75, 3.05) is 0 Å². The number of thiophene rings is 1. The van der Waals surface area contributed by atoms with Gasteiger partial charge in [-0.25, -0.2) is 0 Å². The summed E-state index contributed by atoms with van der Waals surface area (Å²) in [6, 6.07) is 0. The molecule has 11 heavy (non-hydrogen) atoms. The second kappa shape index (κ2) is 2.11. The molecule has 0 aliphatic carbocycles. The van der Waals surface area contributed by atoms with Gasteiger partial charge in [0.2, 0.25) is 0 Å². The molecular weight excluding hydrogens is 156 g/mol. The number of fused-ring (bicyclic) bond motifs is 1. The molecule has 0 fully saturated rings. The number of hydrogen-bond donors (Lipinski definition) is 0. The van der Waals surface area contributed by atoms with Gasteiger partial charge in [-0.1, -0.05) is 0 Å². The maximum absolute atomic E-state index is 5.37. The molecule has 0 unspecified atom stereocenters. The Balaban J connectivity index is 2.95. The van der Waals surface area contributed by atoms with Gasteiger partial charge >= 0.3 is 0 Å². The van der Waals surface area contributed by atoms with E-state index in [-0.39, 0.29) is 0 Å². The van der Waals surface area contributed by atoms with Crippen LogP contribution < -0.4 is 0 Å². The summed E-state index contributed by atoms with van der Waals surface area (Å²) in [6.45, 7) is 6.37. The fourth-order valence-corrected chi connectivity index (χ4v) is 2.38. The zero-order chi connectivity index (χ0) is 8.01. The Kier molecular flexibility index (Phi) is 1.33. The predicted molar refractivity (Wildman–Crippen MR) is 48.3 cm³/mol. The maximum Gasteiger partial charge on any atom is 0.188 e. The molecule has 2 rings (SSSR count). The fourth-order valence-electron chi connectivity index (χ4n) is 1.34. The van der Waals surface area contributed by atoms with Crippen LogP contribution in [0.3, 0.4) is 0 Å². The van der Waals surface area contributed by atoms with Crippen LogP contribution in [0.5, 0.6) is 0 Å². The van der Waals surface area contributed by atoms with Crippen LogP contribution in [0.25, 0.3) is 10.3 Å². The van der Waals surface area contributed by atoms with Crippen LogP contribution >= 0.6 is 11.3 Å². The third-order valence-corrected chi connectivity index (χ3v) is 3.19. The highest BCUT2D eigenvalue weighted by molar-refractivity contribution is 7.18. The van der Waals surface area contributed by atoms with E-state index in [1.165, 1.54) is 21.4 Å². The molecule has 0 amide bonds. The van der Waals surface area contributed by atoms with Crippen molar-refractivity contribution in [2.45, 2.75) is 20.8 Å². The van der Waals surface area contributed by atoms with Gasteiger partial charge in [0, 0.05) is 10.3 Å². The average molecular weight is 166 g/mol. The molecule has 0 aliphatic heterocycles. The molecule has 0 saturated heterocycles. The van der Waals surface area contributed by atoms with Gasteiger partial charge in [-0.15, -0.1) is 11.3 Å². The molecule has 1 nitrogen and oxygen atoms in total. The van der Waals surface area contributed by atoms with Crippen LogP contribution in [0.4, 0.5) is 0 Å². The van der Waals surface area contributed by atoms with Crippen molar-refractivity contribution in [3.8, 4) is 0 Å². The lowest BCUT2D eigenvalue weighted by atomic mass is 10.2. The minimum atomic E-state index is 1.07. The molecule has 0 N–H and O–H groups in total. The van der Waals surface area contributed by atoms with Crippen molar-refractivity contribution >= 4 is 21.6 Å². The molecule has 2 heteroatoms. The molecule has 2 heterocycles. The molecule has 2 aromatic heterocycles. The van der Waals surface area contributed by atoms with Crippen LogP contribution in [0, 0.1) is 20.8 Å². The van der Waals surface area contributed by atoms with Crippen LogP contribution in [-0.2, 0) is 0 Å². The first-order chi connectivity index (χ1) is 5.20. The second-order valence-electron chi connectivity index (χ2n) is 2.86. The molecule has 2 aromatic rings. The minimum absolute atomic E-state index is 1.07.